The molecule has 2 N–H and O–H groups in total. The van der Waals surface area contributed by atoms with E-state index in [1.54, 1.807) is 29.6 Å². The Morgan fingerprint density at radius 2 is 1.92 bits per heavy atom. The van der Waals surface area contributed by atoms with Crippen molar-refractivity contribution in [2.45, 2.75) is 33.1 Å². The lowest BCUT2D eigenvalue weighted by molar-refractivity contribution is -0.130. The molecule has 0 saturated heterocycles. The van der Waals surface area contributed by atoms with Crippen LogP contribution >= 0.6 is 22.9 Å². The maximum Gasteiger partial charge on any atom is 0.325 e. The molecule has 0 radical (unpaired) electrons. The van der Waals surface area contributed by atoms with Crippen LogP contribution in [0.5, 0.6) is 0 Å². The average Bonchev–Trinajstić information content (AvgIpc) is 3.01. The Hall–Kier alpha value is -2.12. The molecule has 2 aromatic rings. The quantitative estimate of drug-likeness (QED) is 0.685. The molecule has 0 aliphatic rings. The minimum atomic E-state index is -0.405. The van der Waals surface area contributed by atoms with Crippen LogP contribution in [0.1, 0.15) is 32.4 Å². The number of benzene rings is 1. The van der Waals surface area contributed by atoms with Gasteiger partial charge in [0.15, 0.2) is 5.13 Å². The fourth-order valence-corrected chi connectivity index (χ4v) is 3.33. The Kier molecular flexibility index (Phi) is 7.87. The third-order valence-corrected chi connectivity index (χ3v) is 4.57. The number of nitrogens with one attached hydrogen (secondary N) is 2. The molecular formula is C18H23ClN4O2S. The molecule has 0 aliphatic carbocycles. The van der Waals surface area contributed by atoms with Crippen LogP contribution in [0.2, 0.25) is 5.02 Å². The van der Waals surface area contributed by atoms with Crippen LogP contribution in [0.25, 0.3) is 0 Å². The van der Waals surface area contributed by atoms with Crippen molar-refractivity contribution in [2.75, 3.05) is 23.7 Å². The first-order chi connectivity index (χ1) is 12.5. The molecule has 6 nitrogen and oxygen atoms in total. The summed E-state index contributed by atoms with van der Waals surface area (Å²) in [5.41, 5.74) is 1.26. The molecule has 0 atom stereocenters. The Labute approximate surface area is 162 Å². The zero-order valence-electron chi connectivity index (χ0n) is 14.9. The van der Waals surface area contributed by atoms with Crippen LogP contribution in [0.15, 0.2) is 29.6 Å². The second kappa shape index (κ2) is 10.1. The molecule has 1 aromatic heterocycles. The molecule has 0 saturated carbocycles. The standard InChI is InChI=1S/C18H23ClN4O2S/c1-3-8-23(9-4-2)16(24)11-15-12-26-18(21-15)22-17(25)20-14-7-5-6-13(19)10-14/h5-7,10,12H,3-4,8-9,11H2,1-2H3,(H2,20,21,22,25). The van der Waals surface area contributed by atoms with Crippen molar-refractivity contribution in [3.8, 4) is 0 Å². The number of carbonyl (C=O) groups excluding carboxylic acids is 2. The van der Waals surface area contributed by atoms with E-state index in [1.165, 1.54) is 11.3 Å². The van der Waals surface area contributed by atoms with Crippen molar-refractivity contribution in [1.82, 2.24) is 9.88 Å². The molecule has 0 spiro atoms. The smallest absolute Gasteiger partial charge is 0.325 e. The van der Waals surface area contributed by atoms with Gasteiger partial charge >= 0.3 is 6.03 Å². The van der Waals surface area contributed by atoms with E-state index >= 15 is 0 Å². The molecule has 0 unspecified atom stereocenters. The van der Waals surface area contributed by atoms with Gasteiger partial charge in [-0.3, -0.25) is 10.1 Å². The summed E-state index contributed by atoms with van der Waals surface area (Å²) in [5, 5.41) is 8.15. The molecule has 1 heterocycles. The number of halogens is 1. The molecule has 26 heavy (non-hydrogen) atoms. The van der Waals surface area contributed by atoms with Crippen LogP contribution in [-0.2, 0) is 11.2 Å². The largest absolute Gasteiger partial charge is 0.342 e. The van der Waals surface area contributed by atoms with E-state index in [2.05, 4.69) is 29.5 Å². The van der Waals surface area contributed by atoms with Gasteiger partial charge in [-0.15, -0.1) is 11.3 Å². The number of nitrogens with zero attached hydrogens (tertiary/aromatic N) is 2. The van der Waals surface area contributed by atoms with E-state index in [4.69, 9.17) is 11.6 Å². The zero-order valence-corrected chi connectivity index (χ0v) is 16.5. The number of hydrogen-bond donors (Lipinski definition) is 2. The highest BCUT2D eigenvalue weighted by molar-refractivity contribution is 7.14. The van der Waals surface area contributed by atoms with E-state index in [9.17, 15) is 9.59 Å². The highest BCUT2D eigenvalue weighted by atomic mass is 35.5. The number of carbonyl (C=O) groups is 2. The predicted molar refractivity (Wildman–Crippen MR) is 107 cm³/mol. The van der Waals surface area contributed by atoms with Gasteiger partial charge in [-0.05, 0) is 31.0 Å². The third-order valence-electron chi connectivity index (χ3n) is 3.53. The van der Waals surface area contributed by atoms with Gasteiger partial charge in [-0.25, -0.2) is 9.78 Å². The van der Waals surface area contributed by atoms with Gasteiger partial charge in [0, 0.05) is 29.2 Å². The van der Waals surface area contributed by atoms with E-state index in [0.717, 1.165) is 25.9 Å². The Morgan fingerprint density at radius 1 is 1.19 bits per heavy atom. The number of urea groups is 1. The summed E-state index contributed by atoms with van der Waals surface area (Å²) < 4.78 is 0. The fraction of sp³-hybridized carbons (Fsp3) is 0.389. The highest BCUT2D eigenvalue weighted by Crippen LogP contribution is 2.18. The minimum absolute atomic E-state index is 0.0638. The molecule has 3 amide bonds. The molecular weight excluding hydrogens is 372 g/mol. The number of amides is 3. The normalized spacial score (nSPS) is 10.4. The molecule has 0 fully saturated rings. The van der Waals surface area contributed by atoms with Gasteiger partial charge in [-0.1, -0.05) is 31.5 Å². The monoisotopic (exact) mass is 394 g/mol. The summed E-state index contributed by atoms with van der Waals surface area (Å²) in [6.07, 6.45) is 2.10. The van der Waals surface area contributed by atoms with Crippen LogP contribution in [0.4, 0.5) is 15.6 Å². The maximum absolute atomic E-state index is 12.4. The highest BCUT2D eigenvalue weighted by Gasteiger charge is 2.15. The van der Waals surface area contributed by atoms with E-state index in [-0.39, 0.29) is 12.3 Å². The SMILES string of the molecule is CCCN(CCC)C(=O)Cc1csc(NC(=O)Nc2cccc(Cl)c2)n1. The van der Waals surface area contributed by atoms with Gasteiger partial charge in [0.25, 0.3) is 0 Å². The summed E-state index contributed by atoms with van der Waals surface area (Å²) in [7, 11) is 0. The lowest BCUT2D eigenvalue weighted by Crippen LogP contribution is -2.33. The average molecular weight is 395 g/mol. The molecule has 8 heteroatoms. The molecule has 140 valence electrons. The summed E-state index contributed by atoms with van der Waals surface area (Å²) in [5.74, 6) is 0.0638. The van der Waals surface area contributed by atoms with Crippen molar-refractivity contribution in [1.29, 1.82) is 0 Å². The van der Waals surface area contributed by atoms with Crippen molar-refractivity contribution in [2.24, 2.45) is 0 Å². The topological polar surface area (TPSA) is 74.3 Å². The van der Waals surface area contributed by atoms with E-state index in [1.807, 2.05) is 4.90 Å². The molecule has 1 aromatic carbocycles. The maximum atomic E-state index is 12.4. The van der Waals surface area contributed by atoms with Crippen molar-refractivity contribution >= 4 is 45.7 Å². The molecule has 0 bridgehead atoms. The van der Waals surface area contributed by atoms with Gasteiger partial charge in [0.05, 0.1) is 12.1 Å². The first kappa shape index (κ1) is 20.2. The van der Waals surface area contributed by atoms with Gasteiger partial charge in [-0.2, -0.15) is 0 Å². The van der Waals surface area contributed by atoms with E-state index in [0.29, 0.717) is 21.5 Å². The number of thiazole rings is 1. The Bertz CT molecular complexity index is 744. The number of aromatic nitrogens is 1. The summed E-state index contributed by atoms with van der Waals surface area (Å²) in [4.78, 5) is 30.6. The zero-order chi connectivity index (χ0) is 18.9. The van der Waals surface area contributed by atoms with Crippen molar-refractivity contribution < 1.29 is 9.59 Å². The lowest BCUT2D eigenvalue weighted by atomic mass is 10.2. The Morgan fingerprint density at radius 3 is 2.58 bits per heavy atom. The number of rotatable bonds is 8. The number of hydrogen-bond acceptors (Lipinski definition) is 4. The predicted octanol–water partition coefficient (Wildman–Crippen LogP) is 4.63. The van der Waals surface area contributed by atoms with Crippen molar-refractivity contribution in [3.63, 3.8) is 0 Å². The third kappa shape index (κ3) is 6.31. The first-order valence-electron chi connectivity index (χ1n) is 8.57. The number of anilines is 2. The summed E-state index contributed by atoms with van der Waals surface area (Å²) >= 11 is 7.18. The summed E-state index contributed by atoms with van der Waals surface area (Å²) in [6.45, 7) is 5.62. The molecule has 0 aliphatic heterocycles. The van der Waals surface area contributed by atoms with Crippen LogP contribution in [-0.4, -0.2) is 34.9 Å². The van der Waals surface area contributed by atoms with Crippen LogP contribution < -0.4 is 10.6 Å². The Balaban J connectivity index is 1.90. The second-order valence-electron chi connectivity index (χ2n) is 5.79. The summed E-state index contributed by atoms with van der Waals surface area (Å²) in [6, 6.07) is 6.48. The second-order valence-corrected chi connectivity index (χ2v) is 7.09. The van der Waals surface area contributed by atoms with E-state index < -0.39 is 6.03 Å². The lowest BCUT2D eigenvalue weighted by Gasteiger charge is -2.20. The van der Waals surface area contributed by atoms with Crippen molar-refractivity contribution in [3.05, 3.63) is 40.4 Å². The van der Waals surface area contributed by atoms with Gasteiger partial charge < -0.3 is 10.2 Å². The van der Waals surface area contributed by atoms with Crippen LogP contribution in [0.3, 0.4) is 0 Å². The fourth-order valence-electron chi connectivity index (χ4n) is 2.44. The van der Waals surface area contributed by atoms with Crippen LogP contribution in [0, 0.1) is 0 Å². The van der Waals surface area contributed by atoms with Gasteiger partial charge in [0.2, 0.25) is 5.91 Å². The molecule has 2 rings (SSSR count). The van der Waals surface area contributed by atoms with Gasteiger partial charge in [0.1, 0.15) is 0 Å². The first-order valence-corrected chi connectivity index (χ1v) is 9.83. The minimum Gasteiger partial charge on any atom is -0.342 e.